The lowest BCUT2D eigenvalue weighted by Gasteiger charge is -2.45. The molecule has 3 aromatic rings. The molecule has 2 fully saturated rings. The molecule has 190 valence electrons. The third-order valence-electron chi connectivity index (χ3n) is 8.19. The van der Waals surface area contributed by atoms with Gasteiger partial charge >= 0.3 is 5.97 Å². The molecule has 0 spiro atoms. The van der Waals surface area contributed by atoms with Gasteiger partial charge in [-0.25, -0.2) is 0 Å². The Morgan fingerprint density at radius 1 is 1.08 bits per heavy atom. The largest absolute Gasteiger partial charge is 0.492 e. The zero-order valence-electron chi connectivity index (χ0n) is 21.2. The molecule has 2 aliphatic rings. The van der Waals surface area contributed by atoms with Crippen molar-refractivity contribution in [1.82, 2.24) is 9.88 Å². The molecule has 1 aliphatic heterocycles. The Bertz CT molecular complexity index is 1200. The fourth-order valence-corrected chi connectivity index (χ4v) is 6.15. The molecular formula is C30H37N3O3. The summed E-state index contributed by atoms with van der Waals surface area (Å²) in [5.41, 5.74) is 3.43. The van der Waals surface area contributed by atoms with E-state index in [4.69, 9.17) is 4.74 Å². The number of aryl methyl sites for hydroxylation is 1. The predicted molar refractivity (Wildman–Crippen MR) is 144 cm³/mol. The molecular weight excluding hydrogens is 450 g/mol. The SMILES string of the molecule is Cc1cc(Nc2cccc(OCCN3CCC(C(=O)O)(C4CCCCC4)CC3)c2)c2ccccc2n1. The second-order valence-corrected chi connectivity index (χ2v) is 10.5. The summed E-state index contributed by atoms with van der Waals surface area (Å²) in [7, 11) is 0. The third-order valence-corrected chi connectivity index (χ3v) is 8.19. The number of carboxylic acids is 1. The molecule has 6 nitrogen and oxygen atoms in total. The summed E-state index contributed by atoms with van der Waals surface area (Å²) < 4.78 is 6.10. The number of aliphatic carboxylic acids is 1. The number of nitrogens with one attached hydrogen (secondary N) is 1. The summed E-state index contributed by atoms with van der Waals surface area (Å²) in [6.07, 6.45) is 7.29. The van der Waals surface area contributed by atoms with Crippen LogP contribution in [0.2, 0.25) is 0 Å². The average molecular weight is 488 g/mol. The van der Waals surface area contributed by atoms with E-state index in [0.717, 1.165) is 79.0 Å². The third kappa shape index (κ3) is 5.34. The Morgan fingerprint density at radius 3 is 2.64 bits per heavy atom. The van der Waals surface area contributed by atoms with Crippen LogP contribution in [-0.2, 0) is 4.79 Å². The molecule has 5 rings (SSSR count). The second kappa shape index (κ2) is 10.9. The van der Waals surface area contributed by atoms with Crippen molar-refractivity contribution in [3.8, 4) is 5.75 Å². The minimum Gasteiger partial charge on any atom is -0.492 e. The van der Waals surface area contributed by atoms with Crippen molar-refractivity contribution in [2.24, 2.45) is 11.3 Å². The number of fused-ring (bicyclic) bond motifs is 1. The van der Waals surface area contributed by atoms with Crippen LogP contribution in [0.4, 0.5) is 11.4 Å². The van der Waals surface area contributed by atoms with Crippen LogP contribution < -0.4 is 10.1 Å². The predicted octanol–water partition coefficient (Wildman–Crippen LogP) is 6.41. The number of pyridine rings is 1. The highest BCUT2D eigenvalue weighted by atomic mass is 16.5. The summed E-state index contributed by atoms with van der Waals surface area (Å²) in [6.45, 7) is 5.08. The van der Waals surface area contributed by atoms with Crippen molar-refractivity contribution in [2.75, 3.05) is 31.6 Å². The number of anilines is 2. The van der Waals surface area contributed by atoms with Gasteiger partial charge < -0.3 is 15.2 Å². The Hall–Kier alpha value is -3.12. The molecule has 1 aliphatic carbocycles. The molecule has 0 unspecified atom stereocenters. The van der Waals surface area contributed by atoms with E-state index in [1.807, 2.05) is 49.4 Å². The van der Waals surface area contributed by atoms with Gasteiger partial charge in [0.05, 0.1) is 10.9 Å². The van der Waals surface area contributed by atoms with Crippen LogP contribution in [0.5, 0.6) is 5.75 Å². The van der Waals surface area contributed by atoms with Gasteiger partial charge in [-0.1, -0.05) is 43.5 Å². The molecule has 1 aromatic heterocycles. The zero-order valence-corrected chi connectivity index (χ0v) is 21.2. The summed E-state index contributed by atoms with van der Waals surface area (Å²) in [6, 6.07) is 18.3. The number of hydrogen-bond acceptors (Lipinski definition) is 5. The van der Waals surface area contributed by atoms with E-state index in [1.165, 1.54) is 19.3 Å². The minimum absolute atomic E-state index is 0.346. The van der Waals surface area contributed by atoms with Gasteiger partial charge in [0.1, 0.15) is 12.4 Å². The second-order valence-electron chi connectivity index (χ2n) is 10.5. The number of benzene rings is 2. The fourth-order valence-electron chi connectivity index (χ4n) is 6.15. The molecule has 0 bridgehead atoms. The van der Waals surface area contributed by atoms with E-state index in [9.17, 15) is 9.90 Å². The fraction of sp³-hybridized carbons (Fsp3) is 0.467. The van der Waals surface area contributed by atoms with Gasteiger partial charge in [0.2, 0.25) is 0 Å². The van der Waals surface area contributed by atoms with Crippen LogP contribution in [-0.4, -0.2) is 47.2 Å². The quantitative estimate of drug-likeness (QED) is 0.382. The first-order valence-electron chi connectivity index (χ1n) is 13.4. The molecule has 2 heterocycles. The number of ether oxygens (including phenoxy) is 1. The number of hydrogen-bond donors (Lipinski definition) is 2. The first kappa shape index (κ1) is 24.6. The highest BCUT2D eigenvalue weighted by Crippen LogP contribution is 2.46. The number of piperidine rings is 1. The highest BCUT2D eigenvalue weighted by Gasteiger charge is 2.47. The molecule has 1 saturated carbocycles. The van der Waals surface area contributed by atoms with E-state index in [-0.39, 0.29) is 0 Å². The first-order valence-corrected chi connectivity index (χ1v) is 13.4. The summed E-state index contributed by atoms with van der Waals surface area (Å²) in [4.78, 5) is 19.3. The molecule has 36 heavy (non-hydrogen) atoms. The lowest BCUT2D eigenvalue weighted by molar-refractivity contribution is -0.158. The van der Waals surface area contributed by atoms with Gasteiger partial charge in [-0.15, -0.1) is 0 Å². The van der Waals surface area contributed by atoms with E-state index in [1.54, 1.807) is 0 Å². The normalized spacial score (nSPS) is 18.7. The van der Waals surface area contributed by atoms with Gasteiger partial charge in [-0.2, -0.15) is 0 Å². The maximum Gasteiger partial charge on any atom is 0.310 e. The van der Waals surface area contributed by atoms with Crippen LogP contribution in [0.1, 0.15) is 50.6 Å². The van der Waals surface area contributed by atoms with Crippen LogP contribution in [0.25, 0.3) is 10.9 Å². The van der Waals surface area contributed by atoms with Crippen LogP contribution in [0.15, 0.2) is 54.6 Å². The molecule has 2 aromatic carbocycles. The molecule has 2 N–H and O–H groups in total. The topological polar surface area (TPSA) is 74.7 Å². The molecule has 1 saturated heterocycles. The van der Waals surface area contributed by atoms with Crippen LogP contribution in [0.3, 0.4) is 0 Å². The van der Waals surface area contributed by atoms with Gasteiger partial charge in [0, 0.05) is 35.1 Å². The lowest BCUT2D eigenvalue weighted by Crippen LogP contribution is -2.49. The standard InChI is InChI=1S/C30H37N3O3/c1-22-20-28(26-12-5-6-13-27(26)31-22)32-24-10-7-11-25(21-24)36-19-18-33-16-14-30(15-17-33,29(34)35)23-8-3-2-4-9-23/h5-7,10-13,20-21,23H,2-4,8-9,14-19H2,1H3,(H,31,32)(H,34,35). The van der Waals surface area contributed by atoms with Gasteiger partial charge in [-0.05, 0) is 75.9 Å². The number of carboxylic acid groups (broad SMARTS) is 1. The Labute approximate surface area is 213 Å². The highest BCUT2D eigenvalue weighted by molar-refractivity contribution is 5.93. The first-order chi connectivity index (χ1) is 17.5. The number of likely N-dealkylation sites (tertiary alicyclic amines) is 1. The smallest absolute Gasteiger partial charge is 0.310 e. The van der Waals surface area contributed by atoms with Gasteiger partial charge in [-0.3, -0.25) is 14.7 Å². The van der Waals surface area contributed by atoms with Crippen molar-refractivity contribution in [3.05, 3.63) is 60.3 Å². The number of carbonyl (C=O) groups is 1. The Balaban J connectivity index is 1.16. The molecule has 0 radical (unpaired) electrons. The molecule has 0 atom stereocenters. The number of aromatic nitrogens is 1. The maximum absolute atomic E-state index is 12.3. The van der Waals surface area contributed by atoms with Crippen LogP contribution >= 0.6 is 0 Å². The summed E-state index contributed by atoms with van der Waals surface area (Å²) in [5, 5.41) is 14.7. The Morgan fingerprint density at radius 2 is 1.86 bits per heavy atom. The molecule has 0 amide bonds. The van der Waals surface area contributed by atoms with Crippen molar-refractivity contribution in [1.29, 1.82) is 0 Å². The van der Waals surface area contributed by atoms with Gasteiger partial charge in [0.15, 0.2) is 0 Å². The number of rotatable bonds is 8. The number of para-hydroxylation sites is 1. The van der Waals surface area contributed by atoms with E-state index >= 15 is 0 Å². The van der Waals surface area contributed by atoms with E-state index < -0.39 is 11.4 Å². The van der Waals surface area contributed by atoms with Crippen molar-refractivity contribution < 1.29 is 14.6 Å². The molecule has 6 heteroatoms. The van der Waals surface area contributed by atoms with E-state index in [0.29, 0.717) is 12.5 Å². The number of nitrogens with zero attached hydrogens (tertiary/aromatic N) is 2. The van der Waals surface area contributed by atoms with Gasteiger partial charge in [0.25, 0.3) is 0 Å². The zero-order chi connectivity index (χ0) is 25.0. The van der Waals surface area contributed by atoms with Crippen LogP contribution in [0, 0.1) is 18.3 Å². The lowest BCUT2D eigenvalue weighted by atomic mass is 9.64. The van der Waals surface area contributed by atoms with Crippen molar-refractivity contribution in [2.45, 2.75) is 51.9 Å². The monoisotopic (exact) mass is 487 g/mol. The summed E-state index contributed by atoms with van der Waals surface area (Å²) in [5.74, 6) is 0.597. The average Bonchev–Trinajstić information content (AvgIpc) is 2.90. The van der Waals surface area contributed by atoms with E-state index in [2.05, 4.69) is 27.3 Å². The Kier molecular flexibility index (Phi) is 7.42. The minimum atomic E-state index is -0.577. The summed E-state index contributed by atoms with van der Waals surface area (Å²) >= 11 is 0. The maximum atomic E-state index is 12.3. The van der Waals surface area contributed by atoms with Crippen molar-refractivity contribution in [3.63, 3.8) is 0 Å². The van der Waals surface area contributed by atoms with Crippen molar-refractivity contribution >= 4 is 28.2 Å².